The third-order valence-electron chi connectivity index (χ3n) is 8.53. The number of rotatable bonds is 7. The Labute approximate surface area is 254 Å². The molecule has 234 valence electrons. The van der Waals surface area contributed by atoms with Crippen molar-refractivity contribution in [1.82, 2.24) is 15.3 Å². The minimum absolute atomic E-state index is 0.00719. The molecule has 6 rings (SSSR count). The number of benzene rings is 2. The van der Waals surface area contributed by atoms with E-state index in [1.807, 2.05) is 6.07 Å². The zero-order chi connectivity index (χ0) is 32.3. The number of methoxy groups -OCH3 is 1. The molecule has 0 radical (unpaired) electrons. The van der Waals surface area contributed by atoms with Crippen LogP contribution in [0.15, 0.2) is 48.5 Å². The van der Waals surface area contributed by atoms with Crippen LogP contribution in [0.4, 0.5) is 17.6 Å². The number of nitrogens with zero attached hydrogens (tertiary/aromatic N) is 2. The number of halogens is 4. The lowest BCUT2D eigenvalue weighted by molar-refractivity contribution is -0.265. The van der Waals surface area contributed by atoms with Crippen molar-refractivity contribution < 1.29 is 41.7 Å². The maximum atomic E-state index is 14.7. The molecule has 2 aliphatic rings. The SMILES string of the molecule is COc1cc(C(=O)NCC(O)(c2cc3c(c(-c4ccc(F)cc4)n2)OC[C@]3(C)C(N)=O)C(F)(F)F)cc2cc3c(nc12)CCC3. The Balaban J connectivity index is 1.41. The maximum Gasteiger partial charge on any atom is 0.424 e. The van der Waals surface area contributed by atoms with Crippen LogP contribution in [0.1, 0.15) is 46.2 Å². The van der Waals surface area contributed by atoms with Crippen LogP contribution < -0.4 is 20.5 Å². The fraction of sp³-hybridized carbons (Fsp3) is 0.312. The van der Waals surface area contributed by atoms with Gasteiger partial charge in [-0.1, -0.05) is 0 Å². The van der Waals surface area contributed by atoms with E-state index in [4.69, 9.17) is 15.2 Å². The van der Waals surface area contributed by atoms with Crippen LogP contribution in [0.3, 0.4) is 0 Å². The van der Waals surface area contributed by atoms with Gasteiger partial charge in [0.25, 0.3) is 5.91 Å². The first kappa shape index (κ1) is 30.3. The molecule has 0 spiro atoms. The van der Waals surface area contributed by atoms with Crippen LogP contribution in [0, 0.1) is 5.82 Å². The van der Waals surface area contributed by atoms with E-state index in [-0.39, 0.29) is 40.5 Å². The van der Waals surface area contributed by atoms with Gasteiger partial charge in [0.2, 0.25) is 11.5 Å². The van der Waals surface area contributed by atoms with E-state index >= 15 is 0 Å². The molecule has 1 aliphatic heterocycles. The molecule has 4 N–H and O–H groups in total. The van der Waals surface area contributed by atoms with Crippen molar-refractivity contribution in [2.24, 2.45) is 5.73 Å². The minimum atomic E-state index is -5.35. The smallest absolute Gasteiger partial charge is 0.424 e. The number of ether oxygens (including phenoxy) is 2. The summed E-state index contributed by atoms with van der Waals surface area (Å²) in [6, 6.07) is 10.4. The molecule has 45 heavy (non-hydrogen) atoms. The highest BCUT2D eigenvalue weighted by molar-refractivity contribution is 6.00. The lowest BCUT2D eigenvalue weighted by atomic mass is 9.81. The molecule has 0 fully saturated rings. The largest absolute Gasteiger partial charge is 0.494 e. The first-order chi connectivity index (χ1) is 21.2. The second kappa shape index (κ2) is 10.7. The molecular weight excluding hydrogens is 596 g/mol. The second-order valence-electron chi connectivity index (χ2n) is 11.5. The Bertz CT molecular complexity index is 1860. The van der Waals surface area contributed by atoms with Gasteiger partial charge in [0.05, 0.1) is 19.3 Å². The number of carbonyl (C=O) groups excluding carboxylic acids is 2. The van der Waals surface area contributed by atoms with Crippen LogP contribution in [0.2, 0.25) is 0 Å². The normalized spacial score (nSPS) is 18.6. The van der Waals surface area contributed by atoms with Crippen molar-refractivity contribution >= 4 is 22.7 Å². The van der Waals surface area contributed by atoms with Gasteiger partial charge in [0.1, 0.15) is 40.5 Å². The molecule has 3 heterocycles. The number of alkyl halides is 3. The molecule has 0 bridgehead atoms. The topological polar surface area (TPSA) is 137 Å². The van der Waals surface area contributed by atoms with E-state index in [2.05, 4.69) is 15.3 Å². The molecule has 1 aliphatic carbocycles. The number of amides is 2. The third-order valence-corrected chi connectivity index (χ3v) is 8.53. The predicted octanol–water partition coefficient (Wildman–Crippen LogP) is 4.25. The number of hydrogen-bond donors (Lipinski definition) is 3. The van der Waals surface area contributed by atoms with Gasteiger partial charge in [-0.05, 0) is 80.3 Å². The molecule has 2 aromatic carbocycles. The number of aryl methyl sites for hydroxylation is 2. The third kappa shape index (κ3) is 5.00. The van der Waals surface area contributed by atoms with Crippen LogP contribution >= 0.6 is 0 Å². The summed E-state index contributed by atoms with van der Waals surface area (Å²) in [7, 11) is 1.40. The van der Waals surface area contributed by atoms with Crippen LogP contribution in [-0.4, -0.2) is 53.3 Å². The van der Waals surface area contributed by atoms with E-state index in [1.54, 1.807) is 0 Å². The highest BCUT2D eigenvalue weighted by atomic mass is 19.4. The Kier molecular flexibility index (Phi) is 7.18. The van der Waals surface area contributed by atoms with E-state index in [9.17, 15) is 32.3 Å². The highest BCUT2D eigenvalue weighted by Crippen LogP contribution is 2.47. The van der Waals surface area contributed by atoms with Gasteiger partial charge < -0.3 is 25.6 Å². The molecular formula is C32H28F4N4O5. The summed E-state index contributed by atoms with van der Waals surface area (Å²) in [4.78, 5) is 34.5. The quantitative estimate of drug-likeness (QED) is 0.262. The van der Waals surface area contributed by atoms with E-state index < -0.39 is 47.1 Å². The van der Waals surface area contributed by atoms with Crippen LogP contribution in [0.25, 0.3) is 22.2 Å². The number of aliphatic hydroxyl groups is 1. The van der Waals surface area contributed by atoms with Gasteiger partial charge >= 0.3 is 6.18 Å². The van der Waals surface area contributed by atoms with Crippen molar-refractivity contribution in [3.8, 4) is 22.8 Å². The molecule has 1 unspecified atom stereocenters. The van der Waals surface area contributed by atoms with Crippen molar-refractivity contribution in [3.63, 3.8) is 0 Å². The van der Waals surface area contributed by atoms with Gasteiger partial charge in [-0.3, -0.25) is 9.59 Å². The minimum Gasteiger partial charge on any atom is -0.494 e. The number of primary amides is 1. The molecule has 9 nitrogen and oxygen atoms in total. The number of nitrogens with one attached hydrogen (secondary N) is 1. The van der Waals surface area contributed by atoms with Gasteiger partial charge in [-0.15, -0.1) is 0 Å². The van der Waals surface area contributed by atoms with E-state index in [1.165, 1.54) is 38.3 Å². The lowest BCUT2D eigenvalue weighted by Gasteiger charge is -2.31. The summed E-state index contributed by atoms with van der Waals surface area (Å²) in [5.41, 5.74) is 1.86. The fourth-order valence-corrected chi connectivity index (χ4v) is 5.75. The number of carbonyl (C=O) groups is 2. The Morgan fingerprint density at radius 2 is 1.84 bits per heavy atom. The maximum absolute atomic E-state index is 14.7. The Morgan fingerprint density at radius 1 is 1.11 bits per heavy atom. The van der Waals surface area contributed by atoms with Crippen molar-refractivity contribution in [1.29, 1.82) is 0 Å². The number of fused-ring (bicyclic) bond motifs is 3. The Hall–Kier alpha value is -4.78. The standard InChI is InChI=1S/C32H28F4N4O5/c1-30(29(37)42)15-45-27-21(30)13-24(40-26(27)16-6-8-20(33)9-7-16)31(43,32(34,35)36)14-38-28(41)19-11-18-10-17-4-3-5-22(17)39-25(18)23(12-19)44-2/h6-13,43H,3-5,14-15H2,1-2H3,(H2,37,42)(H,38,41)/t30-,31?/m0/s1. The second-order valence-corrected chi connectivity index (χ2v) is 11.5. The van der Waals surface area contributed by atoms with E-state index in [0.717, 1.165) is 48.7 Å². The van der Waals surface area contributed by atoms with E-state index in [0.29, 0.717) is 10.9 Å². The van der Waals surface area contributed by atoms with Crippen LogP contribution in [-0.2, 0) is 28.7 Å². The first-order valence-corrected chi connectivity index (χ1v) is 14.1. The van der Waals surface area contributed by atoms with Crippen LogP contribution in [0.5, 0.6) is 11.5 Å². The molecule has 0 saturated carbocycles. The van der Waals surface area contributed by atoms with Gasteiger partial charge in [0, 0.05) is 27.8 Å². The first-order valence-electron chi connectivity index (χ1n) is 14.1. The van der Waals surface area contributed by atoms with Gasteiger partial charge in [-0.2, -0.15) is 13.2 Å². The number of pyridine rings is 2. The molecule has 2 amide bonds. The number of aromatic nitrogens is 2. The predicted molar refractivity (Wildman–Crippen MR) is 154 cm³/mol. The summed E-state index contributed by atoms with van der Waals surface area (Å²) in [5, 5.41) is 14.1. The van der Waals surface area contributed by atoms with Crippen molar-refractivity contribution in [2.45, 2.75) is 43.4 Å². The molecule has 2 aromatic heterocycles. The summed E-state index contributed by atoms with van der Waals surface area (Å²) in [6.45, 7) is -0.230. The summed E-state index contributed by atoms with van der Waals surface area (Å²) < 4.78 is 69.0. The molecule has 4 aromatic rings. The number of nitrogens with two attached hydrogens (primary N) is 1. The molecule has 0 saturated heterocycles. The average molecular weight is 625 g/mol. The summed E-state index contributed by atoms with van der Waals surface area (Å²) >= 11 is 0. The fourth-order valence-electron chi connectivity index (χ4n) is 5.75. The van der Waals surface area contributed by atoms with Gasteiger partial charge in [-0.25, -0.2) is 14.4 Å². The average Bonchev–Trinajstić information content (AvgIpc) is 3.61. The van der Waals surface area contributed by atoms with Crippen molar-refractivity contribution in [2.75, 3.05) is 20.3 Å². The van der Waals surface area contributed by atoms with Gasteiger partial charge in [0.15, 0.2) is 0 Å². The monoisotopic (exact) mass is 624 g/mol. The zero-order valence-corrected chi connectivity index (χ0v) is 24.2. The highest BCUT2D eigenvalue weighted by Gasteiger charge is 2.57. The zero-order valence-electron chi connectivity index (χ0n) is 24.2. The Morgan fingerprint density at radius 3 is 2.51 bits per heavy atom. The molecule has 2 atom stereocenters. The molecule has 13 heteroatoms. The summed E-state index contributed by atoms with van der Waals surface area (Å²) in [5.74, 6) is -2.15. The lowest BCUT2D eigenvalue weighted by Crippen LogP contribution is -2.51. The summed E-state index contributed by atoms with van der Waals surface area (Å²) in [6.07, 6.45) is -2.77. The van der Waals surface area contributed by atoms with Crippen molar-refractivity contribution in [3.05, 3.63) is 82.4 Å². The number of hydrogen-bond acceptors (Lipinski definition) is 7.